The minimum Gasteiger partial charge on any atom is -0.248 e. The Morgan fingerprint density at radius 2 is 1.88 bits per heavy atom. The van der Waals surface area contributed by atoms with Gasteiger partial charge in [0.25, 0.3) is 6.43 Å². The zero-order chi connectivity index (χ0) is 12.5. The van der Waals surface area contributed by atoms with Crippen molar-refractivity contribution in [3.63, 3.8) is 0 Å². The highest BCUT2D eigenvalue weighted by Gasteiger charge is 2.38. The van der Waals surface area contributed by atoms with Crippen LogP contribution in [0, 0.1) is 17.1 Å². The van der Waals surface area contributed by atoms with Crippen molar-refractivity contribution in [3.05, 3.63) is 28.8 Å². The van der Waals surface area contributed by atoms with Crippen LogP contribution in [0.4, 0.5) is 26.3 Å². The van der Waals surface area contributed by atoms with Crippen LogP contribution in [0.15, 0.2) is 6.20 Å². The number of hydrogen-bond donors (Lipinski definition) is 0. The van der Waals surface area contributed by atoms with Crippen LogP contribution in [-0.2, 0) is 6.18 Å². The van der Waals surface area contributed by atoms with Crippen molar-refractivity contribution in [2.75, 3.05) is 0 Å². The molecule has 1 aromatic heterocycles. The van der Waals surface area contributed by atoms with Crippen molar-refractivity contribution in [1.82, 2.24) is 4.98 Å². The molecule has 0 fully saturated rings. The highest BCUT2D eigenvalue weighted by atomic mass is 19.4. The summed E-state index contributed by atoms with van der Waals surface area (Å²) in [5.41, 5.74) is -4.47. The van der Waals surface area contributed by atoms with Gasteiger partial charge in [0.15, 0.2) is 11.5 Å². The Bertz CT molecular complexity index is 445. The van der Waals surface area contributed by atoms with Gasteiger partial charge in [-0.1, -0.05) is 0 Å². The Balaban J connectivity index is 3.49. The highest BCUT2D eigenvalue weighted by Crippen LogP contribution is 2.33. The first-order chi connectivity index (χ1) is 7.29. The second-order valence-corrected chi connectivity index (χ2v) is 2.66. The molecule has 0 N–H and O–H groups in total. The summed E-state index contributed by atoms with van der Waals surface area (Å²) in [4.78, 5) is 2.55. The van der Waals surface area contributed by atoms with E-state index in [1.165, 1.54) is 0 Å². The minimum atomic E-state index is -5.13. The lowest BCUT2D eigenvalue weighted by Crippen LogP contribution is -2.13. The molecule has 1 rings (SSSR count). The lowest BCUT2D eigenvalue weighted by Gasteiger charge is -2.09. The molecule has 0 aromatic carbocycles. The summed E-state index contributed by atoms with van der Waals surface area (Å²) < 4.78 is 73.7. The molecular formula is C8H2F6N2. The molecule has 0 spiro atoms. The summed E-state index contributed by atoms with van der Waals surface area (Å²) in [7, 11) is 0. The molecule has 1 aromatic rings. The number of hydrogen-bond acceptors (Lipinski definition) is 2. The van der Waals surface area contributed by atoms with Crippen LogP contribution >= 0.6 is 0 Å². The van der Waals surface area contributed by atoms with Crippen molar-refractivity contribution >= 4 is 0 Å². The molecule has 8 heteroatoms. The van der Waals surface area contributed by atoms with E-state index in [9.17, 15) is 26.3 Å². The van der Waals surface area contributed by atoms with Gasteiger partial charge >= 0.3 is 6.18 Å². The number of alkyl halides is 5. The van der Waals surface area contributed by atoms with Gasteiger partial charge in [-0.15, -0.1) is 0 Å². The standard InChI is InChI=1S/C8H2F6N2/c9-5-3(1-15)4(7(10)11)2-16-6(5)8(12,13)14/h2,7H. The zero-order valence-corrected chi connectivity index (χ0v) is 7.32. The average molecular weight is 240 g/mol. The lowest BCUT2D eigenvalue weighted by atomic mass is 10.1. The van der Waals surface area contributed by atoms with Gasteiger partial charge < -0.3 is 0 Å². The number of nitrogens with zero attached hydrogens (tertiary/aromatic N) is 2. The maximum absolute atomic E-state index is 13.1. The lowest BCUT2D eigenvalue weighted by molar-refractivity contribution is -0.143. The van der Waals surface area contributed by atoms with Gasteiger partial charge in [0.1, 0.15) is 11.6 Å². The number of aromatic nitrogens is 1. The third-order valence-corrected chi connectivity index (χ3v) is 1.66. The van der Waals surface area contributed by atoms with Gasteiger partial charge in [-0.2, -0.15) is 18.4 Å². The fourth-order valence-electron chi connectivity index (χ4n) is 0.977. The maximum Gasteiger partial charge on any atom is 0.436 e. The van der Waals surface area contributed by atoms with E-state index in [1.54, 1.807) is 0 Å². The van der Waals surface area contributed by atoms with Gasteiger partial charge in [-0.05, 0) is 0 Å². The molecule has 16 heavy (non-hydrogen) atoms. The average Bonchev–Trinajstić information content (AvgIpc) is 2.14. The van der Waals surface area contributed by atoms with Crippen molar-refractivity contribution in [2.45, 2.75) is 12.6 Å². The first-order valence-electron chi connectivity index (χ1n) is 3.73. The molecule has 0 amide bonds. The number of rotatable bonds is 1. The molecule has 0 radical (unpaired) electrons. The molecule has 0 aliphatic rings. The van der Waals surface area contributed by atoms with Crippen LogP contribution in [-0.4, -0.2) is 4.98 Å². The maximum atomic E-state index is 13.1. The Hall–Kier alpha value is -1.78. The summed E-state index contributed by atoms with van der Waals surface area (Å²) in [5.74, 6) is -2.08. The molecule has 2 nitrogen and oxygen atoms in total. The molecule has 0 aliphatic heterocycles. The van der Waals surface area contributed by atoms with Gasteiger partial charge in [0, 0.05) is 6.20 Å². The molecule has 0 bridgehead atoms. The van der Waals surface area contributed by atoms with Crippen LogP contribution in [0.2, 0.25) is 0 Å². The predicted molar refractivity (Wildman–Crippen MR) is 38.9 cm³/mol. The first kappa shape index (κ1) is 12.3. The number of halogens is 6. The molecule has 86 valence electrons. The Morgan fingerprint density at radius 1 is 1.31 bits per heavy atom. The largest absolute Gasteiger partial charge is 0.436 e. The van der Waals surface area contributed by atoms with E-state index in [2.05, 4.69) is 4.98 Å². The third-order valence-electron chi connectivity index (χ3n) is 1.66. The van der Waals surface area contributed by atoms with Crippen molar-refractivity contribution in [1.29, 1.82) is 5.26 Å². The van der Waals surface area contributed by atoms with E-state index in [0.29, 0.717) is 0 Å². The summed E-state index contributed by atoms with van der Waals surface area (Å²) in [6.07, 6.45) is -8.25. The van der Waals surface area contributed by atoms with Crippen LogP contribution in [0.3, 0.4) is 0 Å². The van der Waals surface area contributed by atoms with E-state index in [-0.39, 0.29) is 6.20 Å². The summed E-state index contributed by atoms with van der Waals surface area (Å²) in [5, 5.41) is 8.32. The monoisotopic (exact) mass is 240 g/mol. The fraction of sp³-hybridized carbons (Fsp3) is 0.250. The minimum absolute atomic E-state index is 0.148. The normalized spacial score (nSPS) is 11.6. The van der Waals surface area contributed by atoms with Crippen molar-refractivity contribution in [2.24, 2.45) is 0 Å². The van der Waals surface area contributed by atoms with Crippen LogP contribution in [0.5, 0.6) is 0 Å². The van der Waals surface area contributed by atoms with Gasteiger partial charge in [-0.25, -0.2) is 18.2 Å². The summed E-state index contributed by atoms with van der Waals surface area (Å²) in [6.45, 7) is 0. The molecule has 0 aliphatic carbocycles. The number of nitriles is 1. The molecule has 0 unspecified atom stereocenters. The third kappa shape index (κ3) is 2.08. The molecule has 1 heterocycles. The van der Waals surface area contributed by atoms with Crippen LogP contribution in [0.25, 0.3) is 0 Å². The van der Waals surface area contributed by atoms with E-state index >= 15 is 0 Å². The Labute approximate surface area is 85.1 Å². The van der Waals surface area contributed by atoms with Gasteiger partial charge in [0.2, 0.25) is 0 Å². The summed E-state index contributed by atoms with van der Waals surface area (Å²) >= 11 is 0. The molecule has 0 saturated heterocycles. The van der Waals surface area contributed by atoms with E-state index in [0.717, 1.165) is 6.07 Å². The van der Waals surface area contributed by atoms with Gasteiger partial charge in [-0.3, -0.25) is 0 Å². The number of pyridine rings is 1. The Kier molecular flexibility index (Phi) is 3.07. The van der Waals surface area contributed by atoms with Crippen molar-refractivity contribution in [3.8, 4) is 6.07 Å². The van der Waals surface area contributed by atoms with E-state index in [4.69, 9.17) is 5.26 Å². The second kappa shape index (κ2) is 4.00. The van der Waals surface area contributed by atoms with Crippen LogP contribution < -0.4 is 0 Å². The zero-order valence-electron chi connectivity index (χ0n) is 7.32. The quantitative estimate of drug-likeness (QED) is 0.707. The van der Waals surface area contributed by atoms with E-state index in [1.807, 2.05) is 0 Å². The molecule has 0 saturated carbocycles. The van der Waals surface area contributed by atoms with Gasteiger partial charge in [0.05, 0.1) is 5.56 Å². The predicted octanol–water partition coefficient (Wildman–Crippen LogP) is 3.05. The fourth-order valence-corrected chi connectivity index (χ4v) is 0.977. The Morgan fingerprint density at radius 3 is 2.25 bits per heavy atom. The van der Waals surface area contributed by atoms with E-state index < -0.39 is 35.2 Å². The molecule has 0 atom stereocenters. The molecular weight excluding hydrogens is 238 g/mol. The second-order valence-electron chi connectivity index (χ2n) is 2.66. The topological polar surface area (TPSA) is 36.7 Å². The SMILES string of the molecule is N#Cc1c(C(F)F)cnc(C(F)(F)F)c1F. The van der Waals surface area contributed by atoms with Crippen molar-refractivity contribution < 1.29 is 26.3 Å². The van der Waals surface area contributed by atoms with Crippen LogP contribution in [0.1, 0.15) is 23.2 Å². The first-order valence-corrected chi connectivity index (χ1v) is 3.73. The summed E-state index contributed by atoms with van der Waals surface area (Å²) in [6, 6.07) is 0.963. The smallest absolute Gasteiger partial charge is 0.248 e. The highest BCUT2D eigenvalue weighted by molar-refractivity contribution is 5.40.